The van der Waals surface area contributed by atoms with Gasteiger partial charge in [0.05, 0.1) is 24.9 Å². The quantitative estimate of drug-likeness (QED) is 0.441. The minimum atomic E-state index is -0.290. The number of rotatable bonds is 7. The van der Waals surface area contributed by atoms with Gasteiger partial charge in [-0.3, -0.25) is 9.52 Å². The predicted molar refractivity (Wildman–Crippen MR) is 166 cm³/mol. The first-order valence-electron chi connectivity index (χ1n) is 14.2. The third-order valence-electron chi connectivity index (χ3n) is 7.59. The topological polar surface area (TPSA) is 106 Å². The number of hydrogen-bond donors (Lipinski definition) is 2. The second kappa shape index (κ2) is 13.1. The molecule has 1 atom stereocenters. The van der Waals surface area contributed by atoms with E-state index in [0.717, 1.165) is 18.4 Å². The Hall–Kier alpha value is -3.31. The summed E-state index contributed by atoms with van der Waals surface area (Å²) in [7, 11) is 0. The molecule has 2 aliphatic rings. The number of nitrogens with zero attached hydrogens (tertiary/aromatic N) is 5. The van der Waals surface area contributed by atoms with Crippen LogP contribution in [0.15, 0.2) is 54.4 Å². The van der Waals surface area contributed by atoms with Gasteiger partial charge in [-0.15, -0.1) is 5.10 Å². The fourth-order valence-electron chi connectivity index (χ4n) is 5.32. The highest BCUT2D eigenvalue weighted by Gasteiger charge is 2.41. The Balaban J connectivity index is 1.65. The molecule has 0 aliphatic carbocycles. The van der Waals surface area contributed by atoms with Crippen LogP contribution in [0.1, 0.15) is 58.3 Å². The number of ether oxygens (including phenoxy) is 2. The fourth-order valence-corrected chi connectivity index (χ4v) is 5.87. The van der Waals surface area contributed by atoms with Crippen LogP contribution in [0.2, 0.25) is 0 Å². The molecule has 10 nitrogen and oxygen atoms in total. The average molecular weight is 582 g/mol. The van der Waals surface area contributed by atoms with Crippen LogP contribution in [-0.2, 0) is 4.74 Å². The molecule has 0 radical (unpaired) electrons. The van der Waals surface area contributed by atoms with Crippen molar-refractivity contribution < 1.29 is 14.3 Å². The molecule has 1 fully saturated rings. The molecule has 2 N–H and O–H groups in total. The maximum absolute atomic E-state index is 13.5. The third-order valence-corrected chi connectivity index (χ3v) is 8.35. The minimum absolute atomic E-state index is 0.0206. The summed E-state index contributed by atoms with van der Waals surface area (Å²) in [5.41, 5.74) is 0.159. The molecule has 11 heteroatoms. The molecule has 1 amide bonds. The smallest absolute Gasteiger partial charge is 0.265 e. The lowest BCUT2D eigenvalue weighted by Crippen LogP contribution is -2.40. The molecular formula is C30H43N7O3S. The summed E-state index contributed by atoms with van der Waals surface area (Å²) in [4.78, 5) is 25.0. The summed E-state index contributed by atoms with van der Waals surface area (Å²) in [6.45, 7) is 23.2. The van der Waals surface area contributed by atoms with Crippen molar-refractivity contribution >= 4 is 28.7 Å². The van der Waals surface area contributed by atoms with Crippen LogP contribution in [0, 0.1) is 17.8 Å². The maximum atomic E-state index is 13.5. The van der Waals surface area contributed by atoms with Crippen LogP contribution in [0.4, 0.5) is 5.82 Å². The third kappa shape index (κ3) is 7.51. The minimum Gasteiger partial charge on any atom is -0.476 e. The van der Waals surface area contributed by atoms with E-state index >= 15 is 0 Å². The molecule has 2 aromatic rings. The largest absolute Gasteiger partial charge is 0.476 e. The van der Waals surface area contributed by atoms with E-state index in [0.29, 0.717) is 78.0 Å². The first-order valence-corrected chi connectivity index (χ1v) is 15.0. The van der Waals surface area contributed by atoms with E-state index in [2.05, 4.69) is 79.7 Å². The number of carbonyl (C=O) groups excluding carboxylic acids is 1. The Morgan fingerprint density at radius 3 is 2.71 bits per heavy atom. The number of aliphatic imine (C=N–C) groups is 1. The monoisotopic (exact) mass is 581 g/mol. The molecule has 4 rings (SSSR count). The van der Waals surface area contributed by atoms with Crippen LogP contribution in [0.25, 0.3) is 5.82 Å². The fraction of sp³-hybridized carbons (Fsp3) is 0.533. The SMILES string of the molecule is C=C/C1=N\C(=C)NCCOC2CN(c3nc(-n4ccc(OCC(C(C)C)C(C)C)n4)ccc3C(=O)NS1)C(C)(C)C2. The number of aromatic nitrogens is 3. The zero-order valence-electron chi connectivity index (χ0n) is 25.0. The average Bonchev–Trinajstić information content (AvgIpc) is 3.51. The van der Waals surface area contributed by atoms with Gasteiger partial charge in [0.2, 0.25) is 5.88 Å². The van der Waals surface area contributed by atoms with E-state index in [-0.39, 0.29) is 17.6 Å². The summed E-state index contributed by atoms with van der Waals surface area (Å²) in [5.74, 6) is 3.35. The van der Waals surface area contributed by atoms with E-state index in [9.17, 15) is 4.79 Å². The van der Waals surface area contributed by atoms with Crippen LogP contribution in [-0.4, -0.2) is 63.7 Å². The maximum Gasteiger partial charge on any atom is 0.265 e. The lowest BCUT2D eigenvalue weighted by Gasteiger charge is -2.33. The predicted octanol–water partition coefficient (Wildman–Crippen LogP) is 4.99. The van der Waals surface area contributed by atoms with Gasteiger partial charge in [0.25, 0.3) is 5.91 Å². The molecule has 2 aliphatic heterocycles. The number of anilines is 1. The van der Waals surface area contributed by atoms with Crippen LogP contribution in [0.3, 0.4) is 0 Å². The second-order valence-electron chi connectivity index (χ2n) is 11.8. The van der Waals surface area contributed by atoms with Gasteiger partial charge in [-0.2, -0.15) is 0 Å². The van der Waals surface area contributed by atoms with E-state index < -0.39 is 0 Å². The molecule has 4 heterocycles. The first-order chi connectivity index (χ1) is 19.5. The zero-order valence-corrected chi connectivity index (χ0v) is 25.8. The van der Waals surface area contributed by atoms with E-state index in [4.69, 9.17) is 14.5 Å². The van der Waals surface area contributed by atoms with Crippen LogP contribution in [0.5, 0.6) is 5.88 Å². The standard InChI is InChI=1S/C30H43N7O3S/c1-9-27-32-21(6)31-13-15-39-22-16-30(7,8)36(17-22)28-23(29(38)35-41-27)10-11-25(33-28)37-14-12-26(34-37)40-18-24(19(2)3)20(4)5/h9-12,14,19-20,22,24,31H,1,6,13,15-18H2,2-5,7-8H3,(H,35,38)/b32-27+. The van der Waals surface area contributed by atoms with Crippen molar-refractivity contribution in [1.82, 2.24) is 24.8 Å². The van der Waals surface area contributed by atoms with Gasteiger partial charge in [0, 0.05) is 42.8 Å². The van der Waals surface area contributed by atoms with Crippen molar-refractivity contribution in [2.75, 3.05) is 31.2 Å². The number of hydrogen-bond acceptors (Lipinski definition) is 9. The van der Waals surface area contributed by atoms with Crippen molar-refractivity contribution in [3.05, 3.63) is 55.0 Å². The molecule has 1 saturated heterocycles. The number of carbonyl (C=O) groups is 1. The van der Waals surface area contributed by atoms with Gasteiger partial charge in [-0.05, 0) is 56.2 Å². The summed E-state index contributed by atoms with van der Waals surface area (Å²) < 4.78 is 16.9. The van der Waals surface area contributed by atoms with E-state index in [1.807, 2.05) is 12.3 Å². The van der Waals surface area contributed by atoms with Gasteiger partial charge in [0.1, 0.15) is 16.7 Å². The number of pyridine rings is 1. The summed E-state index contributed by atoms with van der Waals surface area (Å²) in [6, 6.07) is 5.43. The number of fused-ring (bicyclic) bond motifs is 4. The van der Waals surface area contributed by atoms with Gasteiger partial charge >= 0.3 is 0 Å². The molecule has 0 aromatic carbocycles. The number of nitrogens with one attached hydrogen (secondary N) is 2. The zero-order chi connectivity index (χ0) is 29.7. The Morgan fingerprint density at radius 2 is 2.00 bits per heavy atom. The summed E-state index contributed by atoms with van der Waals surface area (Å²) >= 11 is 1.08. The molecular weight excluding hydrogens is 538 g/mol. The van der Waals surface area contributed by atoms with Crippen molar-refractivity contribution in [3.63, 3.8) is 0 Å². The Labute approximate surface area is 247 Å². The van der Waals surface area contributed by atoms with Crippen LogP contribution >= 0.6 is 11.9 Å². The van der Waals surface area contributed by atoms with Gasteiger partial charge in [-0.1, -0.05) is 40.9 Å². The molecule has 0 spiro atoms. The second-order valence-corrected chi connectivity index (χ2v) is 12.6. The Bertz CT molecular complexity index is 1280. The highest BCUT2D eigenvalue weighted by Crippen LogP contribution is 2.36. The molecule has 2 aromatic heterocycles. The highest BCUT2D eigenvalue weighted by molar-refractivity contribution is 8.13. The van der Waals surface area contributed by atoms with Gasteiger partial charge in [0.15, 0.2) is 5.82 Å². The molecule has 41 heavy (non-hydrogen) atoms. The molecule has 1 unspecified atom stereocenters. The summed E-state index contributed by atoms with van der Waals surface area (Å²) in [5, 5.41) is 8.31. The molecule has 222 valence electrons. The Kier molecular flexibility index (Phi) is 9.80. The van der Waals surface area contributed by atoms with Crippen molar-refractivity contribution in [1.29, 1.82) is 0 Å². The Morgan fingerprint density at radius 1 is 1.24 bits per heavy atom. The van der Waals surface area contributed by atoms with Crippen molar-refractivity contribution in [3.8, 4) is 11.7 Å². The van der Waals surface area contributed by atoms with Gasteiger partial charge < -0.3 is 19.7 Å². The number of amides is 1. The van der Waals surface area contributed by atoms with E-state index in [1.165, 1.54) is 0 Å². The van der Waals surface area contributed by atoms with Crippen molar-refractivity contribution in [2.24, 2.45) is 22.7 Å². The van der Waals surface area contributed by atoms with E-state index in [1.54, 1.807) is 22.9 Å². The summed E-state index contributed by atoms with van der Waals surface area (Å²) in [6.07, 6.45) is 4.18. The highest BCUT2D eigenvalue weighted by atomic mass is 32.2. The molecule has 0 saturated carbocycles. The normalized spacial score (nSPS) is 21.0. The van der Waals surface area contributed by atoms with Crippen LogP contribution < -0.4 is 19.7 Å². The molecule has 2 bridgehead atoms. The lowest BCUT2D eigenvalue weighted by atomic mass is 9.86. The lowest BCUT2D eigenvalue weighted by molar-refractivity contribution is 0.0664. The van der Waals surface area contributed by atoms with Gasteiger partial charge in [-0.25, -0.2) is 14.7 Å². The van der Waals surface area contributed by atoms with Crippen molar-refractivity contribution in [2.45, 2.75) is 59.6 Å². The first kappa shape index (κ1) is 30.6.